The Morgan fingerprint density at radius 1 is 1.42 bits per heavy atom. The molecule has 2 rings (SSSR count). The number of benzene rings is 1. The second kappa shape index (κ2) is 8.39. The summed E-state index contributed by atoms with van der Waals surface area (Å²) in [6.07, 6.45) is 1.18. The van der Waals surface area contributed by atoms with E-state index < -0.39 is 0 Å². The number of hydrogen-bond donors (Lipinski definition) is 3. The van der Waals surface area contributed by atoms with E-state index in [9.17, 15) is 14.7 Å². The van der Waals surface area contributed by atoms with Crippen LogP contribution in [0.15, 0.2) is 34.2 Å². The maximum Gasteiger partial charge on any atom is 0.258 e. The van der Waals surface area contributed by atoms with Crippen LogP contribution in [-0.2, 0) is 11.2 Å². The highest BCUT2D eigenvalue weighted by Gasteiger charge is 2.12. The molecule has 0 bridgehead atoms. The van der Waals surface area contributed by atoms with E-state index >= 15 is 0 Å². The lowest BCUT2D eigenvalue weighted by Gasteiger charge is -2.09. The number of para-hydroxylation sites is 2. The molecule has 1 aromatic carbocycles. The van der Waals surface area contributed by atoms with Gasteiger partial charge in [0.1, 0.15) is 5.75 Å². The molecule has 1 aromatic heterocycles. The van der Waals surface area contributed by atoms with Crippen LogP contribution in [0.2, 0.25) is 0 Å². The lowest BCUT2D eigenvalue weighted by atomic mass is 10.2. The number of hydrogen-bond acceptors (Lipinski definition) is 6. The Morgan fingerprint density at radius 3 is 2.83 bits per heavy atom. The average Bonchev–Trinajstić information content (AvgIpc) is 2.57. The predicted octanol–water partition coefficient (Wildman–Crippen LogP) is 2.17. The number of H-pyrrole nitrogens is 1. The zero-order valence-electron chi connectivity index (χ0n) is 13.5. The lowest BCUT2D eigenvalue weighted by molar-refractivity contribution is -0.113. The average molecular weight is 349 g/mol. The molecule has 7 nitrogen and oxygen atoms in total. The Labute approximate surface area is 143 Å². The van der Waals surface area contributed by atoms with Gasteiger partial charge in [0.05, 0.1) is 24.1 Å². The van der Waals surface area contributed by atoms with Crippen molar-refractivity contribution in [2.45, 2.75) is 24.9 Å². The molecular formula is C16H19N3O4S. The van der Waals surface area contributed by atoms with Crippen molar-refractivity contribution in [1.29, 1.82) is 0 Å². The van der Waals surface area contributed by atoms with Crippen LogP contribution in [0.1, 0.15) is 18.9 Å². The molecule has 0 radical (unpaired) electrons. The third-order valence-corrected chi connectivity index (χ3v) is 4.07. The quantitative estimate of drug-likeness (QED) is 0.523. The highest BCUT2D eigenvalue weighted by molar-refractivity contribution is 7.99. The number of thioether (sulfide) groups is 1. The van der Waals surface area contributed by atoms with Crippen LogP contribution in [0.3, 0.4) is 0 Å². The minimum absolute atomic E-state index is 0.0353. The Morgan fingerprint density at radius 2 is 2.17 bits per heavy atom. The molecule has 0 aliphatic carbocycles. The number of carbonyl (C=O) groups is 1. The fourth-order valence-electron chi connectivity index (χ4n) is 2.08. The van der Waals surface area contributed by atoms with Crippen LogP contribution in [0.25, 0.3) is 0 Å². The number of anilines is 1. The van der Waals surface area contributed by atoms with Gasteiger partial charge in [-0.25, -0.2) is 0 Å². The number of aromatic amines is 1. The van der Waals surface area contributed by atoms with Crippen LogP contribution in [0, 0.1) is 0 Å². The first-order valence-electron chi connectivity index (χ1n) is 7.43. The molecule has 0 aliphatic heterocycles. The third kappa shape index (κ3) is 4.51. The predicted molar refractivity (Wildman–Crippen MR) is 92.9 cm³/mol. The van der Waals surface area contributed by atoms with Gasteiger partial charge in [-0.3, -0.25) is 9.59 Å². The first kappa shape index (κ1) is 17.9. The van der Waals surface area contributed by atoms with Crippen molar-refractivity contribution < 1.29 is 14.6 Å². The van der Waals surface area contributed by atoms with Crippen molar-refractivity contribution in [3.8, 4) is 11.6 Å². The molecule has 0 saturated carbocycles. The van der Waals surface area contributed by atoms with E-state index in [4.69, 9.17) is 4.74 Å². The summed E-state index contributed by atoms with van der Waals surface area (Å²) in [6.45, 7) is 1.91. The summed E-state index contributed by atoms with van der Waals surface area (Å²) in [4.78, 5) is 30.4. The third-order valence-electron chi connectivity index (χ3n) is 3.19. The summed E-state index contributed by atoms with van der Waals surface area (Å²) in [5.41, 5.74) is 0.450. The number of aromatic hydroxyl groups is 1. The zero-order chi connectivity index (χ0) is 17.5. The Balaban J connectivity index is 2.00. The maximum absolute atomic E-state index is 12.0. The molecule has 128 valence electrons. The fraction of sp³-hybridized carbons (Fsp3) is 0.312. The molecule has 0 atom stereocenters. The number of nitrogens with one attached hydrogen (secondary N) is 2. The minimum atomic E-state index is -0.378. The number of aromatic nitrogens is 2. The number of carbonyl (C=O) groups excluding carboxylic acids is 1. The van der Waals surface area contributed by atoms with Crippen molar-refractivity contribution >= 4 is 23.4 Å². The SMILES string of the molecule is CCCc1c(O)nc(SCC(=O)Nc2ccccc2OC)[nH]c1=O. The molecule has 8 heteroatoms. The van der Waals surface area contributed by atoms with Gasteiger partial charge in [0.15, 0.2) is 5.16 Å². The lowest BCUT2D eigenvalue weighted by Crippen LogP contribution is -2.17. The van der Waals surface area contributed by atoms with Crippen molar-refractivity contribution in [2.75, 3.05) is 18.2 Å². The Kier molecular flexibility index (Phi) is 6.25. The summed E-state index contributed by atoms with van der Waals surface area (Å²) in [6, 6.07) is 7.06. The molecule has 1 amide bonds. The smallest absolute Gasteiger partial charge is 0.258 e. The normalized spacial score (nSPS) is 10.4. The molecular weight excluding hydrogens is 330 g/mol. The van der Waals surface area contributed by atoms with Crippen LogP contribution < -0.4 is 15.6 Å². The number of nitrogens with zero attached hydrogens (tertiary/aromatic N) is 1. The second-order valence-electron chi connectivity index (χ2n) is 4.96. The maximum atomic E-state index is 12.0. The van der Waals surface area contributed by atoms with E-state index in [0.717, 1.165) is 18.2 Å². The van der Waals surface area contributed by atoms with Gasteiger partial charge in [-0.15, -0.1) is 0 Å². The van der Waals surface area contributed by atoms with E-state index in [1.807, 2.05) is 6.92 Å². The van der Waals surface area contributed by atoms with Gasteiger partial charge in [0.25, 0.3) is 5.56 Å². The van der Waals surface area contributed by atoms with E-state index in [0.29, 0.717) is 17.9 Å². The molecule has 24 heavy (non-hydrogen) atoms. The second-order valence-corrected chi connectivity index (χ2v) is 5.92. The molecule has 0 saturated heterocycles. The minimum Gasteiger partial charge on any atom is -0.495 e. The summed E-state index contributed by atoms with van der Waals surface area (Å²) in [7, 11) is 1.52. The molecule has 3 N–H and O–H groups in total. The first-order valence-corrected chi connectivity index (χ1v) is 8.41. The largest absolute Gasteiger partial charge is 0.495 e. The number of amides is 1. The van der Waals surface area contributed by atoms with Crippen LogP contribution >= 0.6 is 11.8 Å². The van der Waals surface area contributed by atoms with Crippen LogP contribution in [0.5, 0.6) is 11.6 Å². The molecule has 0 spiro atoms. The van der Waals surface area contributed by atoms with Gasteiger partial charge in [-0.2, -0.15) is 4.98 Å². The van der Waals surface area contributed by atoms with Gasteiger partial charge >= 0.3 is 0 Å². The molecule has 0 fully saturated rings. The zero-order valence-corrected chi connectivity index (χ0v) is 14.3. The van der Waals surface area contributed by atoms with E-state index in [1.165, 1.54) is 7.11 Å². The summed E-state index contributed by atoms with van der Waals surface area (Å²) in [5.74, 6) is 0.0366. The number of rotatable bonds is 7. The van der Waals surface area contributed by atoms with Gasteiger partial charge in [0, 0.05) is 0 Å². The standard InChI is InChI=1S/C16H19N3O4S/c1-3-6-10-14(21)18-16(19-15(10)22)24-9-13(20)17-11-7-4-5-8-12(11)23-2/h4-5,7-8H,3,6,9H2,1-2H3,(H,17,20)(H2,18,19,21,22). The van der Waals surface area contributed by atoms with E-state index in [-0.39, 0.29) is 33.8 Å². The van der Waals surface area contributed by atoms with Gasteiger partial charge in [-0.1, -0.05) is 37.2 Å². The molecule has 2 aromatic rings. The van der Waals surface area contributed by atoms with E-state index in [2.05, 4.69) is 15.3 Å². The fourth-order valence-corrected chi connectivity index (χ4v) is 2.73. The highest BCUT2D eigenvalue weighted by Crippen LogP contribution is 2.24. The highest BCUT2D eigenvalue weighted by atomic mass is 32.2. The van der Waals surface area contributed by atoms with Crippen molar-refractivity contribution in [1.82, 2.24) is 9.97 Å². The van der Waals surface area contributed by atoms with Gasteiger partial charge < -0.3 is 20.1 Å². The van der Waals surface area contributed by atoms with Gasteiger partial charge in [-0.05, 0) is 18.6 Å². The molecule has 1 heterocycles. The topological polar surface area (TPSA) is 104 Å². The first-order chi connectivity index (χ1) is 11.5. The van der Waals surface area contributed by atoms with Crippen molar-refractivity contribution in [3.63, 3.8) is 0 Å². The van der Waals surface area contributed by atoms with Crippen molar-refractivity contribution in [3.05, 3.63) is 40.2 Å². The molecule has 0 unspecified atom stereocenters. The summed E-state index contributed by atoms with van der Waals surface area (Å²) >= 11 is 1.04. The van der Waals surface area contributed by atoms with Crippen LogP contribution in [-0.4, -0.2) is 33.8 Å². The molecule has 0 aliphatic rings. The Hall–Kier alpha value is -2.48. The van der Waals surface area contributed by atoms with Gasteiger partial charge in [0.2, 0.25) is 11.8 Å². The van der Waals surface area contributed by atoms with Crippen molar-refractivity contribution in [2.24, 2.45) is 0 Å². The Bertz CT molecular complexity index is 776. The van der Waals surface area contributed by atoms with Crippen LogP contribution in [0.4, 0.5) is 5.69 Å². The summed E-state index contributed by atoms with van der Waals surface area (Å²) in [5, 5.41) is 12.7. The number of ether oxygens (including phenoxy) is 1. The van der Waals surface area contributed by atoms with E-state index in [1.54, 1.807) is 24.3 Å². The number of methoxy groups -OCH3 is 1. The summed E-state index contributed by atoms with van der Waals surface area (Å²) < 4.78 is 5.16. The monoisotopic (exact) mass is 349 g/mol.